The maximum absolute atomic E-state index is 8.64. The minimum atomic E-state index is -0.0781. The molecule has 0 bridgehead atoms. The van der Waals surface area contributed by atoms with Crippen molar-refractivity contribution in [2.75, 3.05) is 6.61 Å². The van der Waals surface area contributed by atoms with Crippen molar-refractivity contribution >= 4 is 23.1 Å². The van der Waals surface area contributed by atoms with Gasteiger partial charge in [-0.1, -0.05) is 29.5 Å². The first kappa shape index (κ1) is 13.2. The summed E-state index contributed by atoms with van der Waals surface area (Å²) in [5.41, 5.74) is 1.29. The Hall–Kier alpha value is -1.21. The van der Waals surface area contributed by atoms with E-state index in [1.165, 1.54) is 15.3 Å². The molecule has 0 atom stereocenters. The fourth-order valence-electron chi connectivity index (χ4n) is 1.51. The van der Waals surface area contributed by atoms with Gasteiger partial charge in [0.1, 0.15) is 6.61 Å². The molecule has 0 fully saturated rings. The average Bonchev–Trinajstić information content (AvgIpc) is 2.82. The van der Waals surface area contributed by atoms with Crippen molar-refractivity contribution in [3.63, 3.8) is 0 Å². The number of thiophene rings is 1. The van der Waals surface area contributed by atoms with Crippen molar-refractivity contribution in [2.45, 2.75) is 17.6 Å². The highest BCUT2D eigenvalue weighted by molar-refractivity contribution is 7.98. The number of aliphatic hydroxyl groups excluding tert-OH is 1. The van der Waals surface area contributed by atoms with Crippen molar-refractivity contribution in [1.29, 1.82) is 0 Å². The normalized spacial score (nSPS) is 9.89. The fraction of sp³-hybridized carbons (Fsp3) is 0.200. The molecule has 1 aromatic carbocycles. The van der Waals surface area contributed by atoms with E-state index in [-0.39, 0.29) is 6.61 Å². The molecule has 0 saturated heterocycles. The van der Waals surface area contributed by atoms with Crippen LogP contribution in [0, 0.1) is 18.8 Å². The Balaban J connectivity index is 1.96. The molecule has 18 heavy (non-hydrogen) atoms. The molecule has 0 unspecified atom stereocenters. The zero-order chi connectivity index (χ0) is 12.8. The first-order valence-corrected chi connectivity index (χ1v) is 7.46. The minimum Gasteiger partial charge on any atom is -0.384 e. The Labute approximate surface area is 116 Å². The Morgan fingerprint density at radius 3 is 2.94 bits per heavy atom. The molecule has 1 aromatic heterocycles. The van der Waals surface area contributed by atoms with E-state index in [4.69, 9.17) is 5.11 Å². The van der Waals surface area contributed by atoms with Gasteiger partial charge in [0.25, 0.3) is 0 Å². The molecule has 1 N–H and O–H groups in total. The average molecular weight is 274 g/mol. The molecular formula is C15H14OS2. The van der Waals surface area contributed by atoms with E-state index in [9.17, 15) is 0 Å². The van der Waals surface area contributed by atoms with Gasteiger partial charge in [-0.05, 0) is 31.2 Å². The molecule has 0 aliphatic heterocycles. The smallest absolute Gasteiger partial charge is 0.104 e. The van der Waals surface area contributed by atoms with Gasteiger partial charge in [0, 0.05) is 15.5 Å². The van der Waals surface area contributed by atoms with Gasteiger partial charge in [-0.2, -0.15) is 0 Å². The minimum absolute atomic E-state index is 0.0781. The second-order valence-corrected chi connectivity index (χ2v) is 6.05. The maximum Gasteiger partial charge on any atom is 0.104 e. The Morgan fingerprint density at radius 1 is 1.28 bits per heavy atom. The second-order valence-electron chi connectivity index (χ2n) is 3.83. The van der Waals surface area contributed by atoms with Crippen molar-refractivity contribution < 1.29 is 5.11 Å². The van der Waals surface area contributed by atoms with Gasteiger partial charge in [0.05, 0.1) is 4.88 Å². The van der Waals surface area contributed by atoms with Crippen LogP contribution in [-0.4, -0.2) is 11.7 Å². The molecule has 1 nitrogen and oxygen atoms in total. The van der Waals surface area contributed by atoms with Crippen LogP contribution in [0.1, 0.15) is 15.3 Å². The van der Waals surface area contributed by atoms with E-state index in [1.54, 1.807) is 11.3 Å². The summed E-state index contributed by atoms with van der Waals surface area (Å²) in [6, 6.07) is 12.7. The first-order chi connectivity index (χ1) is 8.78. The van der Waals surface area contributed by atoms with Crippen LogP contribution >= 0.6 is 23.1 Å². The standard InChI is InChI=1S/C15H14OS2/c1-12-4-2-5-14(10-12)17-11-15-8-7-13(18-15)6-3-9-16/h2,4-5,7-8,10,16H,9,11H2,1H3. The number of rotatable bonds is 3. The fourth-order valence-corrected chi connectivity index (χ4v) is 3.45. The van der Waals surface area contributed by atoms with Gasteiger partial charge in [-0.3, -0.25) is 0 Å². The van der Waals surface area contributed by atoms with Crippen LogP contribution in [0.25, 0.3) is 0 Å². The third-order valence-corrected chi connectivity index (χ3v) is 4.55. The molecular weight excluding hydrogens is 260 g/mol. The summed E-state index contributed by atoms with van der Waals surface area (Å²) in [6.45, 7) is 2.03. The highest BCUT2D eigenvalue weighted by Gasteiger charge is 2.00. The van der Waals surface area contributed by atoms with Crippen LogP contribution in [0.3, 0.4) is 0 Å². The lowest BCUT2D eigenvalue weighted by atomic mass is 10.2. The van der Waals surface area contributed by atoms with Crippen LogP contribution < -0.4 is 0 Å². The van der Waals surface area contributed by atoms with Crippen LogP contribution in [0.4, 0.5) is 0 Å². The van der Waals surface area contributed by atoms with Gasteiger partial charge >= 0.3 is 0 Å². The first-order valence-electron chi connectivity index (χ1n) is 5.66. The lowest BCUT2D eigenvalue weighted by Crippen LogP contribution is -1.76. The monoisotopic (exact) mass is 274 g/mol. The van der Waals surface area contributed by atoms with Gasteiger partial charge in [-0.15, -0.1) is 23.1 Å². The lowest BCUT2D eigenvalue weighted by Gasteiger charge is -2.00. The Morgan fingerprint density at radius 2 is 2.17 bits per heavy atom. The van der Waals surface area contributed by atoms with Gasteiger partial charge in [0.2, 0.25) is 0 Å². The van der Waals surface area contributed by atoms with Gasteiger partial charge in [-0.25, -0.2) is 0 Å². The molecule has 2 rings (SSSR count). The zero-order valence-corrected chi connectivity index (χ0v) is 11.8. The summed E-state index contributed by atoms with van der Waals surface area (Å²) >= 11 is 3.53. The quantitative estimate of drug-likeness (QED) is 0.680. The van der Waals surface area contributed by atoms with E-state index in [0.29, 0.717) is 0 Å². The lowest BCUT2D eigenvalue weighted by molar-refractivity contribution is 0.350. The molecule has 0 radical (unpaired) electrons. The van der Waals surface area contributed by atoms with Gasteiger partial charge in [0.15, 0.2) is 0 Å². The van der Waals surface area contributed by atoms with Crippen LogP contribution in [-0.2, 0) is 5.75 Å². The van der Waals surface area contributed by atoms with E-state index in [2.05, 4.69) is 49.1 Å². The number of aryl methyl sites for hydroxylation is 1. The number of thioether (sulfide) groups is 1. The summed E-state index contributed by atoms with van der Waals surface area (Å²) < 4.78 is 0. The molecule has 0 amide bonds. The van der Waals surface area contributed by atoms with E-state index in [0.717, 1.165) is 10.6 Å². The third-order valence-electron chi connectivity index (χ3n) is 2.32. The Bertz CT molecular complexity index is 575. The summed E-state index contributed by atoms with van der Waals surface area (Å²) in [7, 11) is 0. The topological polar surface area (TPSA) is 20.2 Å². The highest BCUT2D eigenvalue weighted by Crippen LogP contribution is 2.27. The summed E-state index contributed by atoms with van der Waals surface area (Å²) in [5.74, 6) is 6.57. The maximum atomic E-state index is 8.64. The predicted molar refractivity (Wildman–Crippen MR) is 79.0 cm³/mol. The van der Waals surface area contributed by atoms with Crippen LogP contribution in [0.15, 0.2) is 41.3 Å². The number of hydrogen-bond acceptors (Lipinski definition) is 3. The van der Waals surface area contributed by atoms with Crippen molar-refractivity contribution in [3.8, 4) is 11.8 Å². The number of benzene rings is 1. The predicted octanol–water partition coefficient (Wildman–Crippen LogP) is 3.69. The molecule has 1 heterocycles. The van der Waals surface area contributed by atoms with Crippen molar-refractivity contribution in [3.05, 3.63) is 51.7 Å². The van der Waals surface area contributed by atoms with Gasteiger partial charge < -0.3 is 5.11 Å². The van der Waals surface area contributed by atoms with Crippen molar-refractivity contribution in [2.24, 2.45) is 0 Å². The molecule has 0 aliphatic rings. The summed E-state index contributed by atoms with van der Waals surface area (Å²) in [4.78, 5) is 3.62. The van der Waals surface area contributed by atoms with Crippen LogP contribution in [0.2, 0.25) is 0 Å². The summed E-state index contributed by atoms with van der Waals surface area (Å²) in [5, 5.41) is 8.64. The van der Waals surface area contributed by atoms with E-state index in [1.807, 2.05) is 17.8 Å². The molecule has 0 saturated carbocycles. The highest BCUT2D eigenvalue weighted by atomic mass is 32.2. The van der Waals surface area contributed by atoms with Crippen LogP contribution in [0.5, 0.6) is 0 Å². The summed E-state index contributed by atoms with van der Waals surface area (Å²) in [6.07, 6.45) is 0. The second kappa shape index (κ2) is 6.65. The molecule has 0 aliphatic carbocycles. The van der Waals surface area contributed by atoms with E-state index < -0.39 is 0 Å². The third kappa shape index (κ3) is 3.92. The molecule has 92 valence electrons. The number of aliphatic hydroxyl groups is 1. The molecule has 2 aromatic rings. The molecule has 0 spiro atoms. The SMILES string of the molecule is Cc1cccc(SCc2ccc(C#CCO)s2)c1. The zero-order valence-electron chi connectivity index (χ0n) is 10.1. The number of hydrogen-bond donors (Lipinski definition) is 1. The van der Waals surface area contributed by atoms with E-state index >= 15 is 0 Å². The largest absolute Gasteiger partial charge is 0.384 e. The Kier molecular flexibility index (Phi) is 4.89. The molecule has 3 heteroatoms. The van der Waals surface area contributed by atoms with Crippen molar-refractivity contribution in [1.82, 2.24) is 0 Å².